The van der Waals surface area contributed by atoms with E-state index in [1.54, 1.807) is 29.3 Å². The van der Waals surface area contributed by atoms with Crippen molar-refractivity contribution in [2.24, 2.45) is 5.92 Å². The molecule has 2 atom stereocenters. The topological polar surface area (TPSA) is 117 Å². The van der Waals surface area contributed by atoms with E-state index in [2.05, 4.69) is 9.97 Å². The Labute approximate surface area is 125 Å². The minimum Gasteiger partial charge on any atom is -0.481 e. The average Bonchev–Trinajstić information content (AvgIpc) is 3.15. The van der Waals surface area contributed by atoms with Crippen LogP contribution in [0.3, 0.4) is 0 Å². The minimum atomic E-state index is -1.19. The van der Waals surface area contributed by atoms with E-state index >= 15 is 0 Å². The first-order chi connectivity index (χ1) is 10.6. The second kappa shape index (κ2) is 5.47. The molecular formula is C14H13N3O5. The summed E-state index contributed by atoms with van der Waals surface area (Å²) in [6.45, 7) is 0.545. The van der Waals surface area contributed by atoms with E-state index in [0.29, 0.717) is 12.2 Å². The van der Waals surface area contributed by atoms with Crippen molar-refractivity contribution in [1.29, 1.82) is 0 Å². The summed E-state index contributed by atoms with van der Waals surface area (Å²) in [5, 5.41) is 18.3. The number of carbonyl (C=O) groups is 2. The molecule has 0 aliphatic carbocycles. The van der Waals surface area contributed by atoms with E-state index in [-0.39, 0.29) is 24.2 Å². The molecule has 0 amide bonds. The van der Waals surface area contributed by atoms with E-state index in [1.807, 2.05) is 0 Å². The molecule has 0 unspecified atom stereocenters. The van der Waals surface area contributed by atoms with Gasteiger partial charge in [0.1, 0.15) is 6.26 Å². The molecule has 2 aromatic heterocycles. The van der Waals surface area contributed by atoms with Crippen LogP contribution in [0.4, 0.5) is 6.01 Å². The van der Waals surface area contributed by atoms with Crippen molar-refractivity contribution in [3.8, 4) is 0 Å². The van der Waals surface area contributed by atoms with E-state index in [0.717, 1.165) is 6.26 Å². The quantitative estimate of drug-likeness (QED) is 0.861. The summed E-state index contributed by atoms with van der Waals surface area (Å²) in [4.78, 5) is 32.0. The van der Waals surface area contributed by atoms with Crippen LogP contribution in [-0.4, -0.2) is 45.2 Å². The molecule has 0 saturated carbocycles. The standard InChI is InChI=1S/C14H13N3O5/c18-12(19)9-6-17(14-16-11(7-22-14)13(20)21)5-8(9)10-3-1-2-4-15-10/h1-4,7-9H,5-6H2,(H,18,19)(H,20,21)/t8-,9-/m1/s1. The number of carboxylic acids is 2. The summed E-state index contributed by atoms with van der Waals surface area (Å²) in [6.07, 6.45) is 2.66. The van der Waals surface area contributed by atoms with Crippen molar-refractivity contribution >= 4 is 18.0 Å². The lowest BCUT2D eigenvalue weighted by molar-refractivity contribution is -0.141. The monoisotopic (exact) mass is 303 g/mol. The lowest BCUT2D eigenvalue weighted by Crippen LogP contribution is -2.23. The summed E-state index contributed by atoms with van der Waals surface area (Å²) in [6, 6.07) is 5.46. The maximum absolute atomic E-state index is 11.5. The van der Waals surface area contributed by atoms with Gasteiger partial charge in [0, 0.05) is 30.9 Å². The summed E-state index contributed by atoms with van der Waals surface area (Å²) in [5.41, 5.74) is 0.477. The van der Waals surface area contributed by atoms with Crippen LogP contribution in [0.2, 0.25) is 0 Å². The smallest absolute Gasteiger partial charge is 0.357 e. The molecule has 22 heavy (non-hydrogen) atoms. The molecule has 1 aliphatic heterocycles. The third kappa shape index (κ3) is 2.50. The number of hydrogen-bond donors (Lipinski definition) is 2. The minimum absolute atomic E-state index is 0.113. The number of aromatic nitrogens is 2. The molecule has 2 aromatic rings. The molecule has 1 fully saturated rings. The summed E-state index contributed by atoms with van der Waals surface area (Å²) in [7, 11) is 0. The predicted molar refractivity (Wildman–Crippen MR) is 73.8 cm³/mol. The van der Waals surface area contributed by atoms with E-state index < -0.39 is 17.9 Å². The fourth-order valence-corrected chi connectivity index (χ4v) is 2.61. The average molecular weight is 303 g/mol. The van der Waals surface area contributed by atoms with Crippen LogP contribution >= 0.6 is 0 Å². The predicted octanol–water partition coefficient (Wildman–Crippen LogP) is 1.07. The summed E-state index contributed by atoms with van der Waals surface area (Å²) >= 11 is 0. The number of anilines is 1. The first-order valence-corrected chi connectivity index (χ1v) is 6.63. The van der Waals surface area contributed by atoms with Gasteiger partial charge in [0.2, 0.25) is 0 Å². The second-order valence-electron chi connectivity index (χ2n) is 5.03. The highest BCUT2D eigenvalue weighted by Gasteiger charge is 2.41. The van der Waals surface area contributed by atoms with Crippen molar-refractivity contribution in [2.75, 3.05) is 18.0 Å². The molecule has 114 valence electrons. The largest absolute Gasteiger partial charge is 0.481 e. The van der Waals surface area contributed by atoms with E-state index in [4.69, 9.17) is 9.52 Å². The maximum Gasteiger partial charge on any atom is 0.357 e. The fourth-order valence-electron chi connectivity index (χ4n) is 2.61. The zero-order valence-corrected chi connectivity index (χ0v) is 11.4. The van der Waals surface area contributed by atoms with Crippen LogP contribution in [0.1, 0.15) is 22.1 Å². The van der Waals surface area contributed by atoms with Gasteiger partial charge < -0.3 is 19.5 Å². The Hall–Kier alpha value is -2.90. The highest BCUT2D eigenvalue weighted by molar-refractivity contribution is 5.85. The van der Waals surface area contributed by atoms with Crippen LogP contribution in [0, 0.1) is 5.92 Å². The van der Waals surface area contributed by atoms with Gasteiger partial charge in [0.25, 0.3) is 6.01 Å². The zero-order chi connectivity index (χ0) is 15.7. The highest BCUT2D eigenvalue weighted by Crippen LogP contribution is 2.34. The molecule has 3 rings (SSSR count). The van der Waals surface area contributed by atoms with Crippen molar-refractivity contribution in [1.82, 2.24) is 9.97 Å². The van der Waals surface area contributed by atoms with Crippen LogP contribution in [0.5, 0.6) is 0 Å². The molecular weight excluding hydrogens is 290 g/mol. The van der Waals surface area contributed by atoms with Crippen molar-refractivity contribution in [3.63, 3.8) is 0 Å². The second-order valence-corrected chi connectivity index (χ2v) is 5.03. The number of nitrogens with zero attached hydrogens (tertiary/aromatic N) is 3. The summed E-state index contributed by atoms with van der Waals surface area (Å²) < 4.78 is 5.14. The lowest BCUT2D eigenvalue weighted by atomic mass is 9.93. The van der Waals surface area contributed by atoms with Crippen molar-refractivity contribution < 1.29 is 24.2 Å². The summed E-state index contributed by atoms with van der Waals surface area (Å²) in [5.74, 6) is -3.08. The molecule has 0 radical (unpaired) electrons. The third-order valence-electron chi connectivity index (χ3n) is 3.69. The first-order valence-electron chi connectivity index (χ1n) is 6.63. The van der Waals surface area contributed by atoms with E-state index in [9.17, 15) is 14.7 Å². The Morgan fingerprint density at radius 1 is 1.27 bits per heavy atom. The van der Waals surface area contributed by atoms with Gasteiger partial charge in [-0.2, -0.15) is 4.98 Å². The zero-order valence-electron chi connectivity index (χ0n) is 11.4. The Kier molecular flexibility index (Phi) is 3.50. The number of hydrogen-bond acceptors (Lipinski definition) is 6. The normalized spacial score (nSPS) is 21.0. The molecule has 0 spiro atoms. The van der Waals surface area contributed by atoms with Gasteiger partial charge in [-0.25, -0.2) is 4.79 Å². The Morgan fingerprint density at radius 3 is 2.68 bits per heavy atom. The number of carboxylic acid groups (broad SMARTS) is 2. The molecule has 0 bridgehead atoms. The van der Waals surface area contributed by atoms with Crippen LogP contribution in [0.25, 0.3) is 0 Å². The van der Waals surface area contributed by atoms with Gasteiger partial charge >= 0.3 is 11.9 Å². The SMILES string of the molecule is O=C(O)c1coc(N2C[C@@H](C(=O)O)[C@H](c3ccccn3)C2)n1. The third-order valence-corrected chi connectivity index (χ3v) is 3.69. The highest BCUT2D eigenvalue weighted by atomic mass is 16.4. The number of oxazole rings is 1. The van der Waals surface area contributed by atoms with Gasteiger partial charge in [-0.1, -0.05) is 6.07 Å². The number of aromatic carboxylic acids is 1. The molecule has 3 heterocycles. The maximum atomic E-state index is 11.5. The van der Waals surface area contributed by atoms with Crippen molar-refractivity contribution in [2.45, 2.75) is 5.92 Å². The van der Waals surface area contributed by atoms with Crippen LogP contribution < -0.4 is 4.90 Å². The number of pyridine rings is 1. The van der Waals surface area contributed by atoms with Crippen molar-refractivity contribution in [3.05, 3.63) is 42.0 Å². The van der Waals surface area contributed by atoms with Gasteiger partial charge in [0.05, 0.1) is 5.92 Å². The molecule has 8 heteroatoms. The molecule has 0 aromatic carbocycles. The van der Waals surface area contributed by atoms with Gasteiger partial charge in [-0.15, -0.1) is 0 Å². The molecule has 8 nitrogen and oxygen atoms in total. The number of aliphatic carboxylic acids is 1. The fraction of sp³-hybridized carbons (Fsp3) is 0.286. The molecule has 2 N–H and O–H groups in total. The van der Waals surface area contributed by atoms with E-state index in [1.165, 1.54) is 0 Å². The number of rotatable bonds is 4. The first kappa shape index (κ1) is 14.1. The van der Waals surface area contributed by atoms with Gasteiger partial charge in [-0.05, 0) is 12.1 Å². The molecule has 1 aliphatic rings. The van der Waals surface area contributed by atoms with Crippen LogP contribution in [0.15, 0.2) is 35.1 Å². The van der Waals surface area contributed by atoms with Gasteiger partial charge in [-0.3, -0.25) is 9.78 Å². The Balaban J connectivity index is 1.87. The van der Waals surface area contributed by atoms with Crippen LogP contribution in [-0.2, 0) is 4.79 Å². The van der Waals surface area contributed by atoms with Gasteiger partial charge in [0.15, 0.2) is 5.69 Å². The Morgan fingerprint density at radius 2 is 2.09 bits per heavy atom. The lowest BCUT2D eigenvalue weighted by Gasteiger charge is -2.13. The molecule has 1 saturated heterocycles. The Bertz CT molecular complexity index is 700.